The van der Waals surface area contributed by atoms with Gasteiger partial charge in [-0.2, -0.15) is 5.26 Å². The van der Waals surface area contributed by atoms with Gasteiger partial charge in [-0.05, 0) is 76.2 Å². The zero-order valence-electron chi connectivity index (χ0n) is 19.9. The van der Waals surface area contributed by atoms with Crippen LogP contribution < -0.4 is 20.1 Å². The Hall–Kier alpha value is -3.09. The van der Waals surface area contributed by atoms with Crippen LogP contribution in [-0.4, -0.2) is 42.6 Å². The molecular formula is C26H30N4O4S. The summed E-state index contributed by atoms with van der Waals surface area (Å²) in [5.74, 6) is 1.11. The van der Waals surface area contributed by atoms with Gasteiger partial charge in [-0.3, -0.25) is 14.5 Å². The number of anilines is 2. The fraction of sp³-hybridized carbons (Fsp3) is 0.500. The minimum absolute atomic E-state index is 0.0145. The molecule has 1 saturated heterocycles. The minimum Gasteiger partial charge on any atom is -0.454 e. The normalized spacial score (nSPS) is 18.7. The molecule has 9 heteroatoms. The molecule has 2 N–H and O–H groups in total. The lowest BCUT2D eigenvalue weighted by Gasteiger charge is -2.34. The maximum absolute atomic E-state index is 13.1. The standard InChI is InChI=1S/C26H30N4O4S/c1-16(24(31)29-26-20(14-27)19-5-3-2-4-6-23(19)35-26)30-11-9-17(10-12-30)25(32)28-18-7-8-21-22(13-18)34-15-33-21/h7-8,13,16-17H,2-6,9-12,15H2,1H3,(H,28,32)(H,29,31). The molecular weight excluding hydrogens is 464 g/mol. The number of fused-ring (bicyclic) bond motifs is 2. The van der Waals surface area contributed by atoms with Crippen LogP contribution >= 0.6 is 11.3 Å². The van der Waals surface area contributed by atoms with Gasteiger partial charge in [0.15, 0.2) is 11.5 Å². The van der Waals surface area contributed by atoms with Gasteiger partial charge in [0, 0.05) is 22.5 Å². The van der Waals surface area contributed by atoms with Crippen molar-refractivity contribution in [2.45, 2.75) is 57.9 Å². The Morgan fingerprint density at radius 3 is 2.69 bits per heavy atom. The predicted molar refractivity (Wildman–Crippen MR) is 134 cm³/mol. The molecule has 1 atom stereocenters. The number of likely N-dealkylation sites (tertiary alicyclic amines) is 1. The van der Waals surface area contributed by atoms with Crippen LogP contribution in [0.5, 0.6) is 11.5 Å². The molecule has 2 aliphatic heterocycles. The smallest absolute Gasteiger partial charge is 0.242 e. The van der Waals surface area contributed by atoms with E-state index >= 15 is 0 Å². The Labute approximate surface area is 209 Å². The van der Waals surface area contributed by atoms with Gasteiger partial charge in [0.1, 0.15) is 11.1 Å². The van der Waals surface area contributed by atoms with Gasteiger partial charge in [0.05, 0.1) is 11.6 Å². The zero-order valence-corrected chi connectivity index (χ0v) is 20.7. The van der Waals surface area contributed by atoms with E-state index in [4.69, 9.17) is 9.47 Å². The van der Waals surface area contributed by atoms with Crippen molar-refractivity contribution in [3.05, 3.63) is 34.2 Å². The molecule has 2 aromatic rings. The van der Waals surface area contributed by atoms with E-state index in [1.54, 1.807) is 23.5 Å². The Balaban J connectivity index is 1.15. The van der Waals surface area contributed by atoms with Crippen molar-refractivity contribution in [1.29, 1.82) is 5.26 Å². The second-order valence-electron chi connectivity index (χ2n) is 9.41. The van der Waals surface area contributed by atoms with Crippen LogP contribution in [0, 0.1) is 17.2 Å². The number of rotatable bonds is 5. The monoisotopic (exact) mass is 494 g/mol. The number of hydrogen-bond donors (Lipinski definition) is 2. The van der Waals surface area contributed by atoms with Crippen LogP contribution in [0.1, 0.15) is 55.0 Å². The highest BCUT2D eigenvalue weighted by Crippen LogP contribution is 2.37. The van der Waals surface area contributed by atoms with Crippen molar-refractivity contribution in [3.63, 3.8) is 0 Å². The van der Waals surface area contributed by atoms with E-state index in [1.165, 1.54) is 11.3 Å². The van der Waals surface area contributed by atoms with Crippen LogP contribution in [0.25, 0.3) is 0 Å². The summed E-state index contributed by atoms with van der Waals surface area (Å²) >= 11 is 1.56. The van der Waals surface area contributed by atoms with Gasteiger partial charge >= 0.3 is 0 Å². The summed E-state index contributed by atoms with van der Waals surface area (Å²) < 4.78 is 10.7. The number of nitrogens with zero attached hydrogens (tertiary/aromatic N) is 2. The Morgan fingerprint density at radius 1 is 1.11 bits per heavy atom. The number of aryl methyl sites for hydroxylation is 1. The molecule has 0 radical (unpaired) electrons. The van der Waals surface area contributed by atoms with E-state index in [1.807, 2.05) is 13.0 Å². The maximum atomic E-state index is 13.1. The fourth-order valence-corrected chi connectivity index (χ4v) is 6.34. The number of nitriles is 1. The molecule has 184 valence electrons. The maximum Gasteiger partial charge on any atom is 0.242 e. The number of piperidine rings is 1. The first-order valence-corrected chi connectivity index (χ1v) is 13.1. The topological polar surface area (TPSA) is 104 Å². The molecule has 35 heavy (non-hydrogen) atoms. The van der Waals surface area contributed by atoms with Crippen LogP contribution in [-0.2, 0) is 22.4 Å². The average Bonchev–Trinajstić information content (AvgIpc) is 3.39. The van der Waals surface area contributed by atoms with E-state index < -0.39 is 0 Å². The molecule has 1 fully saturated rings. The van der Waals surface area contributed by atoms with E-state index in [9.17, 15) is 14.9 Å². The van der Waals surface area contributed by atoms with Crippen molar-refractivity contribution in [1.82, 2.24) is 4.90 Å². The number of nitrogens with one attached hydrogen (secondary N) is 2. The van der Waals surface area contributed by atoms with Gasteiger partial charge in [-0.15, -0.1) is 11.3 Å². The van der Waals surface area contributed by atoms with E-state index in [2.05, 4.69) is 21.6 Å². The van der Waals surface area contributed by atoms with Gasteiger partial charge in [-0.1, -0.05) is 6.42 Å². The molecule has 0 spiro atoms. The van der Waals surface area contributed by atoms with Gasteiger partial charge in [0.25, 0.3) is 0 Å². The van der Waals surface area contributed by atoms with E-state index in [0.29, 0.717) is 53.7 Å². The molecule has 1 aliphatic carbocycles. The predicted octanol–water partition coefficient (Wildman–Crippen LogP) is 4.30. The molecule has 1 aromatic carbocycles. The number of carbonyl (C=O) groups excluding carboxylic acids is 2. The van der Waals surface area contributed by atoms with Crippen molar-refractivity contribution in [2.75, 3.05) is 30.5 Å². The average molecular weight is 495 g/mol. The van der Waals surface area contributed by atoms with E-state index in [-0.39, 0.29) is 30.6 Å². The Morgan fingerprint density at radius 2 is 1.89 bits per heavy atom. The largest absolute Gasteiger partial charge is 0.454 e. The highest BCUT2D eigenvalue weighted by Gasteiger charge is 2.31. The number of thiophene rings is 1. The van der Waals surface area contributed by atoms with Crippen molar-refractivity contribution in [2.24, 2.45) is 5.92 Å². The second-order valence-corrected chi connectivity index (χ2v) is 10.5. The van der Waals surface area contributed by atoms with Crippen molar-refractivity contribution >= 4 is 33.8 Å². The second kappa shape index (κ2) is 10.3. The summed E-state index contributed by atoms with van der Waals surface area (Å²) in [6.45, 7) is 3.43. The first kappa shape index (κ1) is 23.6. The summed E-state index contributed by atoms with van der Waals surface area (Å²) in [5.41, 5.74) is 2.47. The molecule has 2 amide bonds. The molecule has 0 saturated carbocycles. The number of hydrogen-bond acceptors (Lipinski definition) is 7. The summed E-state index contributed by atoms with van der Waals surface area (Å²) in [6, 6.07) is 7.39. The Kier molecular flexibility index (Phi) is 6.93. The molecule has 3 heterocycles. The third-order valence-electron chi connectivity index (χ3n) is 7.24. The number of ether oxygens (including phenoxy) is 2. The first-order chi connectivity index (χ1) is 17.0. The minimum atomic E-state index is -0.332. The third-order valence-corrected chi connectivity index (χ3v) is 8.44. The lowest BCUT2D eigenvalue weighted by atomic mass is 9.94. The lowest BCUT2D eigenvalue weighted by Crippen LogP contribution is -2.47. The van der Waals surface area contributed by atoms with Crippen LogP contribution in [0.15, 0.2) is 18.2 Å². The molecule has 1 unspecified atom stereocenters. The summed E-state index contributed by atoms with van der Waals surface area (Å²) in [6.07, 6.45) is 6.70. The quantitative estimate of drug-likeness (QED) is 0.601. The highest BCUT2D eigenvalue weighted by molar-refractivity contribution is 7.16. The zero-order chi connectivity index (χ0) is 24.4. The third kappa shape index (κ3) is 5.00. The fourth-order valence-electron chi connectivity index (χ4n) is 5.10. The molecule has 0 bridgehead atoms. The number of amides is 2. The van der Waals surface area contributed by atoms with Crippen molar-refractivity contribution in [3.8, 4) is 17.6 Å². The first-order valence-electron chi connectivity index (χ1n) is 12.3. The molecule has 5 rings (SSSR count). The molecule has 8 nitrogen and oxygen atoms in total. The number of benzene rings is 1. The highest BCUT2D eigenvalue weighted by atomic mass is 32.1. The summed E-state index contributed by atoms with van der Waals surface area (Å²) in [4.78, 5) is 29.2. The van der Waals surface area contributed by atoms with E-state index in [0.717, 1.165) is 31.2 Å². The van der Waals surface area contributed by atoms with Crippen LogP contribution in [0.2, 0.25) is 0 Å². The van der Waals surface area contributed by atoms with Crippen LogP contribution in [0.4, 0.5) is 10.7 Å². The van der Waals surface area contributed by atoms with Gasteiger partial charge < -0.3 is 20.1 Å². The van der Waals surface area contributed by atoms with Gasteiger partial charge in [-0.25, -0.2) is 0 Å². The van der Waals surface area contributed by atoms with Crippen LogP contribution in [0.3, 0.4) is 0 Å². The molecule has 3 aliphatic rings. The summed E-state index contributed by atoms with van der Waals surface area (Å²) in [5, 5.41) is 16.4. The lowest BCUT2D eigenvalue weighted by molar-refractivity contribution is -0.123. The van der Waals surface area contributed by atoms with Gasteiger partial charge in [0.2, 0.25) is 18.6 Å². The summed E-state index contributed by atoms with van der Waals surface area (Å²) in [7, 11) is 0. The van der Waals surface area contributed by atoms with Crippen molar-refractivity contribution < 1.29 is 19.1 Å². The SMILES string of the molecule is CC(C(=O)Nc1sc2c(c1C#N)CCCCC2)N1CCC(C(=O)Nc2ccc3c(c2)OCO3)CC1. The number of carbonyl (C=O) groups is 2. The molecule has 1 aromatic heterocycles. The Bertz CT molecular complexity index is 1160.